The summed E-state index contributed by atoms with van der Waals surface area (Å²) in [6, 6.07) is 30.6. The Morgan fingerprint density at radius 1 is 0.955 bits per heavy atom. The first-order valence-electron chi connectivity index (χ1n) is 14.7. The van der Waals surface area contributed by atoms with Gasteiger partial charge in [0.25, 0.3) is 5.56 Å². The highest BCUT2D eigenvalue weighted by molar-refractivity contribution is 7.83. The molecule has 232 valence electrons. The molecule has 2 heterocycles. The van der Waals surface area contributed by atoms with E-state index in [2.05, 4.69) is 46.3 Å². The Morgan fingerprint density at radius 3 is 1.98 bits per heavy atom. The summed E-state index contributed by atoms with van der Waals surface area (Å²) in [6.45, 7) is 1.07. The van der Waals surface area contributed by atoms with E-state index in [4.69, 9.17) is 20.5 Å². The van der Waals surface area contributed by atoms with Crippen LogP contribution < -0.4 is 11.2 Å². The second kappa shape index (κ2) is 13.8. The normalized spacial score (nSPS) is 19.1. The number of nitrogens with one attached hydrogen (secondary N) is 1. The third kappa shape index (κ3) is 6.54. The van der Waals surface area contributed by atoms with E-state index in [9.17, 15) is 14.2 Å². The van der Waals surface area contributed by atoms with E-state index in [0.29, 0.717) is 18.7 Å². The van der Waals surface area contributed by atoms with Gasteiger partial charge in [0, 0.05) is 31.4 Å². The van der Waals surface area contributed by atoms with Gasteiger partial charge >= 0.3 is 12.6 Å². The van der Waals surface area contributed by atoms with Crippen LogP contribution in [0.2, 0.25) is 0 Å². The van der Waals surface area contributed by atoms with Crippen LogP contribution in [0.3, 0.4) is 0 Å². The third-order valence-electron chi connectivity index (χ3n) is 8.03. The minimum absolute atomic E-state index is 0.0760. The zero-order chi connectivity index (χ0) is 31.3. The van der Waals surface area contributed by atoms with Crippen molar-refractivity contribution in [3.05, 3.63) is 140 Å². The summed E-state index contributed by atoms with van der Waals surface area (Å²) in [4.78, 5) is 30.1. The van der Waals surface area contributed by atoms with Crippen molar-refractivity contribution in [2.24, 2.45) is 0 Å². The van der Waals surface area contributed by atoms with Crippen molar-refractivity contribution in [3.63, 3.8) is 0 Å². The van der Waals surface area contributed by atoms with Crippen molar-refractivity contribution in [1.29, 1.82) is 0 Å². The summed E-state index contributed by atoms with van der Waals surface area (Å²) in [5.41, 5.74) is 1.60. The second-order valence-corrected chi connectivity index (χ2v) is 14.2. The number of benzene rings is 3. The van der Waals surface area contributed by atoms with Gasteiger partial charge in [-0.2, -0.15) is 0 Å². The molecule has 3 aromatic carbocycles. The highest BCUT2D eigenvalue weighted by atomic mass is 35.7. The van der Waals surface area contributed by atoms with Crippen LogP contribution in [0.5, 0.6) is 0 Å². The lowest BCUT2D eigenvalue weighted by atomic mass is 9.75. The molecule has 3 atom stereocenters. The number of rotatable bonds is 11. The van der Waals surface area contributed by atoms with Crippen LogP contribution in [0, 0.1) is 6.92 Å². The molecule has 5 rings (SSSR count). The standard InChI is InChI=1S/C33H38ClN4O5P/c1-4-20-36(3)44(34,41)42-24-29-22-37(23-30(43-29)38-21-25(2)31(39)35-32(38)40)33(26-14-8-5-9-15-26,27-16-10-6-11-17-27)28-18-12-7-13-19-28/h5-19,21,29-30H,4,20,22-24H2,1-3H3,(H,35,39,40)/t29-,30+,44?/m0/s1. The Balaban J connectivity index is 1.67. The number of morpholine rings is 1. The molecule has 0 amide bonds. The number of hydrogen-bond acceptors (Lipinski definition) is 6. The van der Waals surface area contributed by atoms with Crippen molar-refractivity contribution in [3.8, 4) is 0 Å². The van der Waals surface area contributed by atoms with Gasteiger partial charge in [0.15, 0.2) is 6.23 Å². The number of aromatic amines is 1. The molecule has 9 nitrogen and oxygen atoms in total. The SMILES string of the molecule is CCCN(C)P(=O)(Cl)OC[C@@H]1CN(C(c2ccccc2)(c2ccccc2)c2ccccc2)C[C@H](n2cc(C)c(=O)[nH]c2=O)O1. The number of ether oxygens (including phenoxy) is 1. The largest absolute Gasteiger partial charge is 0.362 e. The van der Waals surface area contributed by atoms with Crippen LogP contribution in [0.4, 0.5) is 0 Å². The van der Waals surface area contributed by atoms with E-state index in [1.165, 1.54) is 15.4 Å². The highest BCUT2D eigenvalue weighted by Gasteiger charge is 2.47. The van der Waals surface area contributed by atoms with Gasteiger partial charge in [-0.15, -0.1) is 0 Å². The summed E-state index contributed by atoms with van der Waals surface area (Å²) in [6.07, 6.45) is 0.836. The van der Waals surface area contributed by atoms with Crippen LogP contribution in [0.15, 0.2) is 107 Å². The summed E-state index contributed by atoms with van der Waals surface area (Å²) < 4.78 is 28.6. The molecule has 11 heteroatoms. The van der Waals surface area contributed by atoms with Crippen LogP contribution >= 0.6 is 18.1 Å². The van der Waals surface area contributed by atoms with E-state index in [1.807, 2.05) is 61.5 Å². The van der Waals surface area contributed by atoms with Crippen LogP contribution in [-0.2, 0) is 19.4 Å². The summed E-state index contributed by atoms with van der Waals surface area (Å²) in [5, 5.41) is 0. The summed E-state index contributed by atoms with van der Waals surface area (Å²) in [7, 11) is 1.67. The van der Waals surface area contributed by atoms with Gasteiger partial charge in [-0.05, 0) is 48.3 Å². The van der Waals surface area contributed by atoms with Crippen molar-refractivity contribution in [1.82, 2.24) is 19.1 Å². The Kier molecular flexibility index (Phi) is 10.1. The minimum atomic E-state index is -3.63. The fourth-order valence-corrected chi connectivity index (χ4v) is 7.32. The zero-order valence-corrected chi connectivity index (χ0v) is 26.8. The molecule has 4 aromatic rings. The Morgan fingerprint density at radius 2 is 1.48 bits per heavy atom. The molecular weight excluding hydrogens is 599 g/mol. The number of hydrogen-bond donors (Lipinski definition) is 1. The van der Waals surface area contributed by atoms with Crippen LogP contribution in [0.25, 0.3) is 0 Å². The molecule has 0 spiro atoms. The Bertz CT molecular complexity index is 1600. The first-order valence-corrected chi connectivity index (χ1v) is 17.2. The molecule has 0 bridgehead atoms. The maximum absolute atomic E-state index is 13.3. The first kappa shape index (κ1) is 32.1. The molecular formula is C33H38ClN4O5P. The molecule has 44 heavy (non-hydrogen) atoms. The molecule has 1 aromatic heterocycles. The second-order valence-electron chi connectivity index (χ2n) is 11.0. The lowest BCUT2D eigenvalue weighted by Gasteiger charge is -2.50. The minimum Gasteiger partial charge on any atom is -0.350 e. The number of aromatic nitrogens is 2. The lowest BCUT2D eigenvalue weighted by Crippen LogP contribution is -2.58. The fraction of sp³-hybridized carbons (Fsp3) is 0.333. The fourth-order valence-electron chi connectivity index (χ4n) is 5.94. The molecule has 1 saturated heterocycles. The molecule has 1 aliphatic rings. The predicted molar refractivity (Wildman–Crippen MR) is 173 cm³/mol. The van der Waals surface area contributed by atoms with Crippen molar-refractivity contribution < 1.29 is 13.8 Å². The van der Waals surface area contributed by atoms with Gasteiger partial charge in [0.05, 0.1) is 18.2 Å². The zero-order valence-electron chi connectivity index (χ0n) is 25.1. The number of halogens is 1. The molecule has 1 N–H and O–H groups in total. The number of aryl methyl sites for hydroxylation is 1. The van der Waals surface area contributed by atoms with Gasteiger partial charge in [0.2, 0.25) is 0 Å². The molecule has 0 saturated carbocycles. The van der Waals surface area contributed by atoms with Crippen molar-refractivity contribution in [2.45, 2.75) is 38.1 Å². The lowest BCUT2D eigenvalue weighted by molar-refractivity contribution is -0.148. The van der Waals surface area contributed by atoms with Gasteiger partial charge in [-0.25, -0.2) is 9.46 Å². The van der Waals surface area contributed by atoms with Gasteiger partial charge in [-0.3, -0.25) is 23.8 Å². The maximum atomic E-state index is 13.3. The van der Waals surface area contributed by atoms with Crippen molar-refractivity contribution >= 4 is 18.1 Å². The number of H-pyrrole nitrogens is 1. The smallest absolute Gasteiger partial charge is 0.350 e. The van der Waals surface area contributed by atoms with Crippen molar-refractivity contribution in [2.75, 3.05) is 33.3 Å². The highest BCUT2D eigenvalue weighted by Crippen LogP contribution is 2.55. The molecule has 1 unspecified atom stereocenters. The third-order valence-corrected chi connectivity index (χ3v) is 10.6. The molecule has 1 aliphatic heterocycles. The van der Waals surface area contributed by atoms with E-state index >= 15 is 0 Å². The monoisotopic (exact) mass is 636 g/mol. The predicted octanol–water partition coefficient (Wildman–Crippen LogP) is 5.74. The van der Waals surface area contributed by atoms with E-state index in [-0.39, 0.29) is 13.2 Å². The molecule has 0 radical (unpaired) electrons. The molecule has 0 aliphatic carbocycles. The van der Waals surface area contributed by atoms with Crippen LogP contribution in [-0.4, -0.2) is 58.5 Å². The molecule has 1 fully saturated rings. The van der Waals surface area contributed by atoms with Gasteiger partial charge in [-0.1, -0.05) is 97.9 Å². The average Bonchev–Trinajstić information content (AvgIpc) is 3.04. The van der Waals surface area contributed by atoms with E-state index in [1.54, 1.807) is 14.0 Å². The van der Waals surface area contributed by atoms with Gasteiger partial charge in [0.1, 0.15) is 0 Å². The number of nitrogens with zero attached hydrogens (tertiary/aromatic N) is 3. The Labute approximate surface area is 262 Å². The summed E-state index contributed by atoms with van der Waals surface area (Å²) in [5.74, 6) is 0. The van der Waals surface area contributed by atoms with E-state index in [0.717, 1.165) is 23.1 Å². The first-order chi connectivity index (χ1) is 21.2. The summed E-state index contributed by atoms with van der Waals surface area (Å²) >= 11 is 6.41. The average molecular weight is 637 g/mol. The Hall–Kier alpha value is -3.30. The van der Waals surface area contributed by atoms with Crippen LogP contribution in [0.1, 0.15) is 41.8 Å². The van der Waals surface area contributed by atoms with E-state index < -0.39 is 36.0 Å². The van der Waals surface area contributed by atoms with Gasteiger partial charge < -0.3 is 9.26 Å². The quantitative estimate of drug-likeness (QED) is 0.166. The maximum Gasteiger partial charge on any atom is 0.362 e. The topological polar surface area (TPSA) is 96.9 Å².